The lowest BCUT2D eigenvalue weighted by Gasteiger charge is -2.20. The quantitative estimate of drug-likeness (QED) is 0.635. The van der Waals surface area contributed by atoms with Crippen molar-refractivity contribution in [2.45, 2.75) is 39.0 Å². The maximum Gasteiger partial charge on any atom is 0.244 e. The number of aromatic nitrogens is 2. The molecule has 1 aromatic rings. The van der Waals surface area contributed by atoms with Crippen LogP contribution in [0.1, 0.15) is 19.4 Å². The standard InChI is InChI=1S/C12H19N3OSi/c1-12(2,11(13)16)15-9-10(8-14-15)6-7-17(3,4)5/h8-9H,1-5H3,(H2,13,16). The van der Waals surface area contributed by atoms with Crippen molar-refractivity contribution in [1.29, 1.82) is 0 Å². The first-order chi connectivity index (χ1) is 7.63. The minimum absolute atomic E-state index is 0.412. The van der Waals surface area contributed by atoms with Crippen LogP contribution in [0.4, 0.5) is 0 Å². The first-order valence-corrected chi connectivity index (χ1v) is 9.01. The fourth-order valence-corrected chi connectivity index (χ4v) is 1.58. The summed E-state index contributed by atoms with van der Waals surface area (Å²) in [6, 6.07) is 0. The number of nitrogens with two attached hydrogens (primary N) is 1. The van der Waals surface area contributed by atoms with Gasteiger partial charge in [-0.05, 0) is 13.8 Å². The fraction of sp³-hybridized carbons (Fsp3) is 0.500. The first kappa shape index (κ1) is 13.5. The SMILES string of the molecule is CC(C)(C(N)=O)n1cc(C#C[Si](C)(C)C)cn1. The third-order valence-electron chi connectivity index (χ3n) is 2.34. The van der Waals surface area contributed by atoms with E-state index in [-0.39, 0.29) is 0 Å². The number of hydrogen-bond donors (Lipinski definition) is 1. The molecule has 0 radical (unpaired) electrons. The van der Waals surface area contributed by atoms with Gasteiger partial charge in [-0.3, -0.25) is 9.48 Å². The average Bonchev–Trinajstić information content (AvgIpc) is 2.62. The Bertz CT molecular complexity index is 486. The number of carbonyl (C=O) groups excluding carboxylic acids is 1. The Morgan fingerprint density at radius 1 is 1.47 bits per heavy atom. The van der Waals surface area contributed by atoms with Crippen LogP contribution in [-0.2, 0) is 10.3 Å². The summed E-state index contributed by atoms with van der Waals surface area (Å²) in [6.07, 6.45) is 3.43. The fourth-order valence-electron chi connectivity index (χ4n) is 1.07. The van der Waals surface area contributed by atoms with Crippen LogP contribution in [-0.4, -0.2) is 23.8 Å². The highest BCUT2D eigenvalue weighted by molar-refractivity contribution is 6.83. The molecule has 0 aliphatic heterocycles. The van der Waals surface area contributed by atoms with E-state index < -0.39 is 19.5 Å². The van der Waals surface area contributed by atoms with Gasteiger partial charge in [0.15, 0.2) is 0 Å². The van der Waals surface area contributed by atoms with Crippen molar-refractivity contribution in [2.24, 2.45) is 5.73 Å². The molecule has 4 nitrogen and oxygen atoms in total. The van der Waals surface area contributed by atoms with Gasteiger partial charge in [-0.1, -0.05) is 25.6 Å². The lowest BCUT2D eigenvalue weighted by atomic mass is 10.1. The van der Waals surface area contributed by atoms with E-state index in [0.717, 1.165) is 5.56 Å². The summed E-state index contributed by atoms with van der Waals surface area (Å²) >= 11 is 0. The number of hydrogen-bond acceptors (Lipinski definition) is 2. The van der Waals surface area contributed by atoms with Crippen LogP contribution in [0.3, 0.4) is 0 Å². The van der Waals surface area contributed by atoms with Crippen LogP contribution in [0.15, 0.2) is 12.4 Å². The molecule has 1 amide bonds. The van der Waals surface area contributed by atoms with E-state index in [2.05, 4.69) is 36.2 Å². The molecule has 0 fully saturated rings. The van der Waals surface area contributed by atoms with Gasteiger partial charge >= 0.3 is 0 Å². The zero-order valence-corrected chi connectivity index (χ0v) is 12.0. The summed E-state index contributed by atoms with van der Waals surface area (Å²) in [4.78, 5) is 11.3. The molecule has 0 aliphatic carbocycles. The highest BCUT2D eigenvalue weighted by atomic mass is 28.3. The molecule has 0 atom stereocenters. The number of primary amides is 1. The smallest absolute Gasteiger partial charge is 0.244 e. The van der Waals surface area contributed by atoms with Crippen LogP contribution in [0.2, 0.25) is 19.6 Å². The summed E-state index contributed by atoms with van der Waals surface area (Å²) in [5, 5.41) is 4.14. The van der Waals surface area contributed by atoms with E-state index >= 15 is 0 Å². The van der Waals surface area contributed by atoms with Gasteiger partial charge in [0.25, 0.3) is 0 Å². The largest absolute Gasteiger partial charge is 0.368 e. The number of amides is 1. The molecule has 0 bridgehead atoms. The minimum atomic E-state index is -1.39. The number of carbonyl (C=O) groups is 1. The Morgan fingerprint density at radius 2 is 2.06 bits per heavy atom. The summed E-state index contributed by atoms with van der Waals surface area (Å²) in [7, 11) is -1.39. The average molecular weight is 249 g/mol. The molecule has 92 valence electrons. The van der Waals surface area contributed by atoms with Gasteiger partial charge in [-0.15, -0.1) is 5.54 Å². The third-order valence-corrected chi connectivity index (χ3v) is 3.22. The van der Waals surface area contributed by atoms with Gasteiger partial charge in [0.05, 0.1) is 11.8 Å². The van der Waals surface area contributed by atoms with Crippen LogP contribution >= 0.6 is 0 Å². The van der Waals surface area contributed by atoms with Gasteiger partial charge in [0.1, 0.15) is 13.6 Å². The van der Waals surface area contributed by atoms with E-state index in [9.17, 15) is 4.79 Å². The minimum Gasteiger partial charge on any atom is -0.368 e. The van der Waals surface area contributed by atoms with Crippen molar-refractivity contribution in [3.63, 3.8) is 0 Å². The molecule has 0 aromatic carbocycles. The van der Waals surface area contributed by atoms with E-state index in [1.165, 1.54) is 0 Å². The third kappa shape index (κ3) is 3.46. The Labute approximate surface area is 103 Å². The van der Waals surface area contributed by atoms with Crippen LogP contribution < -0.4 is 5.73 Å². The molecule has 0 spiro atoms. The summed E-state index contributed by atoms with van der Waals surface area (Å²) in [6.45, 7) is 10.0. The predicted octanol–water partition coefficient (Wildman–Crippen LogP) is 1.33. The molecule has 1 aromatic heterocycles. The Balaban J connectivity index is 3.00. The van der Waals surface area contributed by atoms with Crippen molar-refractivity contribution in [2.75, 3.05) is 0 Å². The molecule has 0 saturated carbocycles. The molecular weight excluding hydrogens is 230 g/mol. The molecule has 5 heteroatoms. The topological polar surface area (TPSA) is 60.9 Å². The summed E-state index contributed by atoms with van der Waals surface area (Å²) in [5.74, 6) is 2.68. The van der Waals surface area contributed by atoms with Crippen LogP contribution in [0, 0.1) is 11.5 Å². The second-order valence-corrected chi connectivity index (χ2v) is 10.3. The van der Waals surface area contributed by atoms with E-state index in [0.29, 0.717) is 0 Å². The molecular formula is C12H19N3OSi. The van der Waals surface area contributed by atoms with Gasteiger partial charge in [-0.2, -0.15) is 5.10 Å². The van der Waals surface area contributed by atoms with Crippen molar-refractivity contribution in [3.8, 4) is 11.5 Å². The van der Waals surface area contributed by atoms with E-state index in [1.807, 2.05) is 0 Å². The molecule has 0 saturated heterocycles. The Morgan fingerprint density at radius 3 is 2.53 bits per heavy atom. The van der Waals surface area contributed by atoms with Crippen molar-refractivity contribution in [1.82, 2.24) is 9.78 Å². The Kier molecular flexibility index (Phi) is 3.48. The highest BCUT2D eigenvalue weighted by Gasteiger charge is 2.27. The van der Waals surface area contributed by atoms with Crippen molar-refractivity contribution >= 4 is 14.0 Å². The number of rotatable bonds is 2. The Hall–Kier alpha value is -1.54. The number of nitrogens with zero attached hydrogens (tertiary/aromatic N) is 2. The molecule has 2 N–H and O–H groups in total. The molecule has 0 unspecified atom stereocenters. The monoisotopic (exact) mass is 249 g/mol. The zero-order valence-electron chi connectivity index (χ0n) is 11.0. The summed E-state index contributed by atoms with van der Waals surface area (Å²) < 4.78 is 1.56. The first-order valence-electron chi connectivity index (χ1n) is 5.51. The lowest BCUT2D eigenvalue weighted by molar-refractivity contribution is -0.125. The van der Waals surface area contributed by atoms with Crippen LogP contribution in [0.5, 0.6) is 0 Å². The highest BCUT2D eigenvalue weighted by Crippen LogP contribution is 2.13. The van der Waals surface area contributed by atoms with Gasteiger partial charge in [0, 0.05) is 6.20 Å². The molecule has 1 rings (SSSR count). The second-order valence-electron chi connectivity index (χ2n) is 5.60. The molecule has 0 aliphatic rings. The maximum absolute atomic E-state index is 11.3. The van der Waals surface area contributed by atoms with Gasteiger partial charge < -0.3 is 5.73 Å². The maximum atomic E-state index is 11.3. The van der Waals surface area contributed by atoms with Crippen molar-refractivity contribution in [3.05, 3.63) is 18.0 Å². The normalized spacial score (nSPS) is 11.8. The predicted molar refractivity (Wildman–Crippen MR) is 71.0 cm³/mol. The van der Waals surface area contributed by atoms with Gasteiger partial charge in [-0.25, -0.2) is 0 Å². The van der Waals surface area contributed by atoms with E-state index in [1.54, 1.807) is 30.9 Å². The second kappa shape index (κ2) is 4.38. The lowest BCUT2D eigenvalue weighted by Crippen LogP contribution is -2.41. The molecule has 17 heavy (non-hydrogen) atoms. The van der Waals surface area contributed by atoms with Crippen molar-refractivity contribution < 1.29 is 4.79 Å². The zero-order chi connectivity index (χ0) is 13.3. The molecule has 1 heterocycles. The van der Waals surface area contributed by atoms with Gasteiger partial charge in [0.2, 0.25) is 5.91 Å². The van der Waals surface area contributed by atoms with E-state index in [4.69, 9.17) is 5.73 Å². The summed E-state index contributed by atoms with van der Waals surface area (Å²) in [5.41, 5.74) is 8.58. The van der Waals surface area contributed by atoms with Crippen LogP contribution in [0.25, 0.3) is 0 Å².